The van der Waals surface area contributed by atoms with Crippen molar-refractivity contribution < 1.29 is 22.2 Å². The van der Waals surface area contributed by atoms with Gasteiger partial charge in [0.2, 0.25) is 5.91 Å². The third-order valence-electron chi connectivity index (χ3n) is 4.42. The van der Waals surface area contributed by atoms with Crippen molar-refractivity contribution in [2.75, 3.05) is 10.6 Å². The van der Waals surface area contributed by atoms with Gasteiger partial charge in [0.05, 0.1) is 4.47 Å². The number of amides is 2. The van der Waals surface area contributed by atoms with E-state index in [1.54, 1.807) is 0 Å². The van der Waals surface area contributed by atoms with Crippen LogP contribution in [0, 0.1) is 11.3 Å². The van der Waals surface area contributed by atoms with Crippen LogP contribution in [0.15, 0.2) is 75.6 Å². The van der Waals surface area contributed by atoms with E-state index in [0.717, 1.165) is 0 Å². The topological polar surface area (TPSA) is 125 Å². The first-order valence-electron chi connectivity index (χ1n) is 9.98. The number of carbonyl (C=O) groups is 2. The van der Waals surface area contributed by atoms with Gasteiger partial charge in [-0.1, -0.05) is 29.3 Å². The lowest BCUT2D eigenvalue weighted by Gasteiger charge is -2.10. The van der Waals surface area contributed by atoms with Gasteiger partial charge in [-0.25, -0.2) is 0 Å². The molecule has 0 bridgehead atoms. The molecule has 3 rings (SSSR count). The number of halogens is 3. The lowest BCUT2D eigenvalue weighted by atomic mass is 10.1. The molecule has 0 atom stereocenters. The molecule has 2 N–H and O–H groups in total. The fourth-order valence-electron chi connectivity index (χ4n) is 2.89. The molecule has 0 saturated heterocycles. The quantitative estimate of drug-likeness (QED) is 0.192. The van der Waals surface area contributed by atoms with Gasteiger partial charge in [-0.15, -0.1) is 0 Å². The highest BCUT2D eigenvalue weighted by Crippen LogP contribution is 2.30. The van der Waals surface area contributed by atoms with E-state index in [1.807, 2.05) is 6.07 Å². The Morgan fingerprint density at radius 2 is 1.61 bits per heavy atom. The normalized spacial score (nSPS) is 11.4. The molecule has 0 fully saturated rings. The maximum absolute atomic E-state index is 12.6. The summed E-state index contributed by atoms with van der Waals surface area (Å²) >= 11 is 15.1. The number of nitrogens with zero attached hydrogens (tertiary/aromatic N) is 1. The molecule has 0 saturated carbocycles. The van der Waals surface area contributed by atoms with Crippen LogP contribution in [0.25, 0.3) is 6.08 Å². The van der Waals surface area contributed by atoms with Gasteiger partial charge in [0.1, 0.15) is 16.5 Å². The Balaban J connectivity index is 1.77. The number of hydrogen-bond acceptors (Lipinski definition) is 6. The fourth-order valence-corrected chi connectivity index (χ4v) is 4.95. The zero-order valence-corrected chi connectivity index (χ0v) is 22.3. The van der Waals surface area contributed by atoms with Crippen LogP contribution in [-0.2, 0) is 19.7 Å². The Bertz CT molecular complexity index is 1500. The zero-order valence-electron chi connectivity index (χ0n) is 18.4. The second-order valence-corrected chi connectivity index (χ2v) is 10.5. The molecular formula is C24H16BrCl2N3O5S. The van der Waals surface area contributed by atoms with E-state index < -0.39 is 16.0 Å². The van der Waals surface area contributed by atoms with E-state index in [4.69, 9.17) is 27.4 Å². The fraction of sp³-hybridized carbons (Fsp3) is 0.0417. The van der Waals surface area contributed by atoms with E-state index in [0.29, 0.717) is 27.0 Å². The van der Waals surface area contributed by atoms with Gasteiger partial charge in [-0.05, 0) is 82.2 Å². The first-order chi connectivity index (χ1) is 17.0. The summed E-state index contributed by atoms with van der Waals surface area (Å²) in [6.07, 6.45) is 1.32. The maximum atomic E-state index is 12.6. The van der Waals surface area contributed by atoms with Crippen LogP contribution in [0.2, 0.25) is 10.0 Å². The van der Waals surface area contributed by atoms with Crippen molar-refractivity contribution in [2.24, 2.45) is 0 Å². The van der Waals surface area contributed by atoms with Crippen LogP contribution in [-0.4, -0.2) is 20.2 Å². The molecule has 3 aromatic carbocycles. The van der Waals surface area contributed by atoms with Crippen LogP contribution in [0.4, 0.5) is 11.4 Å². The Morgan fingerprint density at radius 1 is 0.972 bits per heavy atom. The second kappa shape index (κ2) is 11.6. The molecule has 0 spiro atoms. The van der Waals surface area contributed by atoms with Gasteiger partial charge >= 0.3 is 10.1 Å². The van der Waals surface area contributed by atoms with E-state index >= 15 is 0 Å². The van der Waals surface area contributed by atoms with Gasteiger partial charge in [-0.2, -0.15) is 13.7 Å². The lowest BCUT2D eigenvalue weighted by molar-refractivity contribution is -0.114. The molecule has 0 aromatic heterocycles. The van der Waals surface area contributed by atoms with E-state index in [9.17, 15) is 23.3 Å². The van der Waals surface area contributed by atoms with Crippen LogP contribution in [0.1, 0.15) is 12.5 Å². The minimum Gasteiger partial charge on any atom is -0.378 e. The van der Waals surface area contributed by atoms with Gasteiger partial charge in [-0.3, -0.25) is 9.59 Å². The number of hydrogen-bond donors (Lipinski definition) is 2. The monoisotopic (exact) mass is 607 g/mol. The summed E-state index contributed by atoms with van der Waals surface area (Å²) in [7, 11) is -4.17. The van der Waals surface area contributed by atoms with Gasteiger partial charge in [0.25, 0.3) is 5.91 Å². The van der Waals surface area contributed by atoms with Crippen molar-refractivity contribution in [2.45, 2.75) is 11.8 Å². The molecule has 0 aliphatic rings. The summed E-state index contributed by atoms with van der Waals surface area (Å²) in [5, 5.41) is 15.2. The van der Waals surface area contributed by atoms with Crippen LogP contribution in [0.5, 0.6) is 5.75 Å². The number of nitrogens with one attached hydrogen (secondary N) is 2. The third kappa shape index (κ3) is 7.32. The molecule has 2 amide bonds. The Labute approximate surface area is 225 Å². The summed E-state index contributed by atoms with van der Waals surface area (Å²) in [6.45, 7) is 1.34. The number of anilines is 2. The van der Waals surface area contributed by atoms with Crippen molar-refractivity contribution in [3.05, 3.63) is 86.3 Å². The van der Waals surface area contributed by atoms with Crippen molar-refractivity contribution in [1.82, 2.24) is 0 Å². The largest absolute Gasteiger partial charge is 0.378 e. The summed E-state index contributed by atoms with van der Waals surface area (Å²) in [4.78, 5) is 23.5. The molecular weight excluding hydrogens is 593 g/mol. The van der Waals surface area contributed by atoms with Gasteiger partial charge in [0, 0.05) is 28.3 Å². The van der Waals surface area contributed by atoms with Crippen molar-refractivity contribution in [3.8, 4) is 11.8 Å². The summed E-state index contributed by atoms with van der Waals surface area (Å²) in [5.74, 6) is -0.974. The molecule has 8 nitrogen and oxygen atoms in total. The van der Waals surface area contributed by atoms with Crippen LogP contribution >= 0.6 is 39.1 Å². The Morgan fingerprint density at radius 3 is 2.17 bits per heavy atom. The first-order valence-corrected chi connectivity index (χ1v) is 12.9. The molecule has 0 aliphatic carbocycles. The maximum Gasteiger partial charge on any atom is 0.339 e. The van der Waals surface area contributed by atoms with E-state index in [1.165, 1.54) is 73.7 Å². The van der Waals surface area contributed by atoms with Gasteiger partial charge < -0.3 is 14.8 Å². The van der Waals surface area contributed by atoms with Crippen molar-refractivity contribution in [3.63, 3.8) is 0 Å². The minimum atomic E-state index is -4.17. The molecule has 0 unspecified atom stereocenters. The lowest BCUT2D eigenvalue weighted by Crippen LogP contribution is -2.13. The molecule has 3 aromatic rings. The summed E-state index contributed by atoms with van der Waals surface area (Å²) in [5.41, 5.74) is 0.981. The highest BCUT2D eigenvalue weighted by Gasteiger charge is 2.19. The molecule has 184 valence electrons. The predicted octanol–water partition coefficient (Wildman–Crippen LogP) is 6.03. The second-order valence-electron chi connectivity index (χ2n) is 7.21. The van der Waals surface area contributed by atoms with Crippen LogP contribution < -0.4 is 14.8 Å². The average Bonchev–Trinajstić information content (AvgIpc) is 2.78. The zero-order chi connectivity index (χ0) is 26.5. The molecule has 12 heteroatoms. The molecule has 0 aliphatic heterocycles. The SMILES string of the molecule is CC(=O)Nc1ccc(S(=O)(=O)Oc2ccc(/C=C(\C#N)C(=O)Nc3cc(Cl)cc(Cl)c3)cc2Br)cc1. The van der Waals surface area contributed by atoms with Gasteiger partial charge in [0.15, 0.2) is 5.75 Å². The number of benzene rings is 3. The van der Waals surface area contributed by atoms with Crippen molar-refractivity contribution >= 4 is 78.5 Å². The van der Waals surface area contributed by atoms with E-state index in [2.05, 4.69) is 26.6 Å². The molecule has 36 heavy (non-hydrogen) atoms. The first kappa shape index (κ1) is 27.2. The smallest absolute Gasteiger partial charge is 0.339 e. The van der Waals surface area contributed by atoms with Crippen molar-refractivity contribution in [1.29, 1.82) is 5.26 Å². The highest BCUT2D eigenvalue weighted by atomic mass is 79.9. The molecule has 0 radical (unpaired) electrons. The number of carbonyl (C=O) groups excluding carboxylic acids is 2. The number of rotatable bonds is 7. The Hall–Kier alpha value is -3.36. The van der Waals surface area contributed by atoms with E-state index in [-0.39, 0.29) is 26.6 Å². The average molecular weight is 609 g/mol. The molecule has 0 heterocycles. The van der Waals surface area contributed by atoms with Crippen LogP contribution in [0.3, 0.4) is 0 Å². The predicted molar refractivity (Wildman–Crippen MR) is 141 cm³/mol. The minimum absolute atomic E-state index is 0.00499. The Kier molecular flexibility index (Phi) is 8.76. The third-order valence-corrected chi connectivity index (χ3v) is 6.72. The highest BCUT2D eigenvalue weighted by molar-refractivity contribution is 9.10. The standard InChI is InChI=1S/C24H16BrCl2N3O5S/c1-14(31)29-19-3-5-21(6-4-19)36(33,34)35-23-7-2-15(9-22(23)25)8-16(13-28)24(32)30-20-11-17(26)10-18(27)12-20/h2-12H,1H3,(H,29,31)(H,30,32)/b16-8+. The summed E-state index contributed by atoms with van der Waals surface area (Å²) < 4.78 is 30.8. The summed E-state index contributed by atoms with van der Waals surface area (Å²) in [6, 6.07) is 16.1. The number of nitriles is 1.